The summed E-state index contributed by atoms with van der Waals surface area (Å²) in [5.41, 5.74) is 1.74. The van der Waals surface area contributed by atoms with Crippen molar-refractivity contribution in [2.45, 2.75) is 19.8 Å². The maximum absolute atomic E-state index is 11.9. The molecule has 0 aromatic carbocycles. The fraction of sp³-hybridized carbons (Fsp3) is 0.412. The fourth-order valence-electron chi connectivity index (χ4n) is 3.12. The summed E-state index contributed by atoms with van der Waals surface area (Å²) in [5, 5.41) is 17.2. The molecule has 8 heteroatoms. The molecule has 0 amide bonds. The van der Waals surface area contributed by atoms with Gasteiger partial charge >= 0.3 is 5.97 Å². The lowest BCUT2D eigenvalue weighted by molar-refractivity contribution is -0.148. The van der Waals surface area contributed by atoms with E-state index in [1.165, 1.54) is 0 Å². The summed E-state index contributed by atoms with van der Waals surface area (Å²) in [6.07, 6.45) is 1.58. The molecule has 0 unspecified atom stereocenters. The predicted molar refractivity (Wildman–Crippen MR) is 95.7 cm³/mol. The van der Waals surface area contributed by atoms with E-state index in [2.05, 4.69) is 15.1 Å². The van der Waals surface area contributed by atoms with E-state index in [1.807, 2.05) is 35.9 Å². The SMILES string of the molecule is CCOC(=O)C1CCN(c2ccc3nnc(-c4ccsc4)n3n2)CC1. The maximum atomic E-state index is 11.9. The second kappa shape index (κ2) is 6.79. The molecule has 0 bridgehead atoms. The van der Waals surface area contributed by atoms with Crippen LogP contribution in [-0.4, -0.2) is 45.5 Å². The molecular formula is C17H19N5O2S. The van der Waals surface area contributed by atoms with Crippen molar-refractivity contribution in [1.82, 2.24) is 19.8 Å². The van der Waals surface area contributed by atoms with Crippen molar-refractivity contribution in [3.05, 3.63) is 29.0 Å². The second-order valence-corrected chi connectivity index (χ2v) is 6.79. The third kappa shape index (κ3) is 3.09. The third-order valence-corrected chi connectivity index (χ3v) is 5.15. The molecule has 3 aromatic rings. The van der Waals surface area contributed by atoms with E-state index < -0.39 is 0 Å². The van der Waals surface area contributed by atoms with Gasteiger partial charge in [-0.25, -0.2) is 0 Å². The molecule has 0 radical (unpaired) electrons. The summed E-state index contributed by atoms with van der Waals surface area (Å²) >= 11 is 1.62. The van der Waals surface area contributed by atoms with Crippen LogP contribution in [0.25, 0.3) is 17.0 Å². The van der Waals surface area contributed by atoms with Gasteiger partial charge in [0.15, 0.2) is 11.5 Å². The van der Waals surface area contributed by atoms with Crippen LogP contribution in [0, 0.1) is 5.92 Å². The number of aromatic nitrogens is 4. The van der Waals surface area contributed by atoms with Gasteiger partial charge in [0.2, 0.25) is 0 Å². The second-order valence-electron chi connectivity index (χ2n) is 6.01. The minimum Gasteiger partial charge on any atom is -0.466 e. The van der Waals surface area contributed by atoms with Crippen LogP contribution in [0.15, 0.2) is 29.0 Å². The Hall–Kier alpha value is -2.48. The first kappa shape index (κ1) is 16.0. The molecule has 0 N–H and O–H groups in total. The van der Waals surface area contributed by atoms with Crippen LogP contribution in [0.3, 0.4) is 0 Å². The van der Waals surface area contributed by atoms with Crippen molar-refractivity contribution >= 4 is 28.8 Å². The number of anilines is 1. The molecule has 1 saturated heterocycles. The highest BCUT2D eigenvalue weighted by molar-refractivity contribution is 7.08. The number of fused-ring (bicyclic) bond motifs is 1. The maximum Gasteiger partial charge on any atom is 0.309 e. The average molecular weight is 357 g/mol. The van der Waals surface area contributed by atoms with Crippen LogP contribution >= 0.6 is 11.3 Å². The van der Waals surface area contributed by atoms with Gasteiger partial charge in [0, 0.05) is 24.0 Å². The van der Waals surface area contributed by atoms with Crippen molar-refractivity contribution in [3.63, 3.8) is 0 Å². The first-order chi connectivity index (χ1) is 12.3. The van der Waals surface area contributed by atoms with E-state index in [9.17, 15) is 4.79 Å². The van der Waals surface area contributed by atoms with Gasteiger partial charge in [-0.2, -0.15) is 15.9 Å². The molecular weight excluding hydrogens is 338 g/mol. The Morgan fingerprint density at radius 1 is 1.28 bits per heavy atom. The minimum atomic E-state index is -0.0795. The molecule has 0 aliphatic carbocycles. The average Bonchev–Trinajstić information content (AvgIpc) is 3.30. The lowest BCUT2D eigenvalue weighted by Gasteiger charge is -2.31. The fourth-order valence-corrected chi connectivity index (χ4v) is 3.76. The topological polar surface area (TPSA) is 72.6 Å². The van der Waals surface area contributed by atoms with Crippen LogP contribution in [0.2, 0.25) is 0 Å². The summed E-state index contributed by atoms with van der Waals surface area (Å²) < 4.78 is 6.92. The number of nitrogens with zero attached hydrogens (tertiary/aromatic N) is 5. The molecule has 4 rings (SSSR count). The Morgan fingerprint density at radius 3 is 2.84 bits per heavy atom. The van der Waals surface area contributed by atoms with Gasteiger partial charge in [0.25, 0.3) is 0 Å². The Bertz CT molecular complexity index is 868. The molecule has 0 saturated carbocycles. The van der Waals surface area contributed by atoms with Crippen molar-refractivity contribution in [3.8, 4) is 11.4 Å². The van der Waals surface area contributed by atoms with E-state index in [0.717, 1.165) is 48.8 Å². The lowest BCUT2D eigenvalue weighted by Crippen LogP contribution is -2.37. The lowest BCUT2D eigenvalue weighted by atomic mass is 9.97. The Kier molecular flexibility index (Phi) is 4.35. The van der Waals surface area contributed by atoms with Crippen molar-refractivity contribution in [2.24, 2.45) is 5.92 Å². The minimum absolute atomic E-state index is 0.00351. The number of carbonyl (C=O) groups is 1. The van der Waals surface area contributed by atoms with Crippen molar-refractivity contribution < 1.29 is 9.53 Å². The first-order valence-corrected chi connectivity index (χ1v) is 9.37. The smallest absolute Gasteiger partial charge is 0.309 e. The van der Waals surface area contributed by atoms with Crippen LogP contribution in [0.1, 0.15) is 19.8 Å². The van der Waals surface area contributed by atoms with Crippen molar-refractivity contribution in [2.75, 3.05) is 24.6 Å². The van der Waals surface area contributed by atoms with E-state index >= 15 is 0 Å². The zero-order valence-corrected chi connectivity index (χ0v) is 14.8. The zero-order valence-electron chi connectivity index (χ0n) is 14.0. The Labute approximate surface area is 149 Å². The van der Waals surface area contributed by atoms with Crippen molar-refractivity contribution in [1.29, 1.82) is 0 Å². The largest absolute Gasteiger partial charge is 0.466 e. The summed E-state index contributed by atoms with van der Waals surface area (Å²) in [6.45, 7) is 3.86. The van der Waals surface area contributed by atoms with E-state index in [-0.39, 0.29) is 11.9 Å². The van der Waals surface area contributed by atoms with Gasteiger partial charge < -0.3 is 9.64 Å². The highest BCUT2D eigenvalue weighted by atomic mass is 32.1. The van der Waals surface area contributed by atoms with E-state index in [4.69, 9.17) is 9.84 Å². The van der Waals surface area contributed by atoms with Crippen LogP contribution in [0.5, 0.6) is 0 Å². The van der Waals surface area contributed by atoms with E-state index in [1.54, 1.807) is 15.9 Å². The van der Waals surface area contributed by atoms with Crippen LogP contribution in [-0.2, 0) is 9.53 Å². The Morgan fingerprint density at radius 2 is 2.12 bits per heavy atom. The number of piperidine rings is 1. The monoisotopic (exact) mass is 357 g/mol. The van der Waals surface area contributed by atoms with Gasteiger partial charge in [-0.1, -0.05) is 0 Å². The molecule has 1 aliphatic heterocycles. The van der Waals surface area contributed by atoms with Gasteiger partial charge in [0.05, 0.1) is 12.5 Å². The Balaban J connectivity index is 1.55. The van der Waals surface area contributed by atoms with Crippen LogP contribution in [0.4, 0.5) is 5.82 Å². The summed E-state index contributed by atoms with van der Waals surface area (Å²) in [7, 11) is 0. The molecule has 1 aliphatic rings. The van der Waals surface area contributed by atoms with E-state index in [0.29, 0.717) is 6.61 Å². The number of ether oxygens (including phenoxy) is 1. The summed E-state index contributed by atoms with van der Waals surface area (Å²) in [6, 6.07) is 5.91. The quantitative estimate of drug-likeness (QED) is 0.669. The molecule has 7 nitrogen and oxygen atoms in total. The van der Waals surface area contributed by atoms with Gasteiger partial charge in [-0.3, -0.25) is 4.79 Å². The number of carbonyl (C=O) groups excluding carboxylic acids is 1. The molecule has 0 spiro atoms. The molecule has 130 valence electrons. The summed E-state index contributed by atoms with van der Waals surface area (Å²) in [4.78, 5) is 14.1. The molecule has 25 heavy (non-hydrogen) atoms. The standard InChI is InChI=1S/C17H19N5O2S/c1-2-24-17(23)12-5-8-21(9-6-12)15-4-3-14-18-19-16(22(14)20-15)13-7-10-25-11-13/h3-4,7,10-12H,2,5-6,8-9H2,1H3. The third-order valence-electron chi connectivity index (χ3n) is 4.47. The molecule has 4 heterocycles. The molecule has 3 aromatic heterocycles. The molecule has 0 atom stereocenters. The zero-order chi connectivity index (χ0) is 17.2. The number of hydrogen-bond donors (Lipinski definition) is 0. The summed E-state index contributed by atoms with van der Waals surface area (Å²) in [5.74, 6) is 1.55. The number of hydrogen-bond acceptors (Lipinski definition) is 7. The highest BCUT2D eigenvalue weighted by Crippen LogP contribution is 2.25. The predicted octanol–water partition coefficient (Wildman–Crippen LogP) is 2.63. The van der Waals surface area contributed by atoms with Gasteiger partial charge in [-0.05, 0) is 43.3 Å². The highest BCUT2D eigenvalue weighted by Gasteiger charge is 2.27. The normalized spacial score (nSPS) is 15.6. The number of esters is 1. The molecule has 1 fully saturated rings. The first-order valence-electron chi connectivity index (χ1n) is 8.43. The number of rotatable bonds is 4. The number of thiophene rings is 1. The van der Waals surface area contributed by atoms with Crippen LogP contribution < -0.4 is 4.90 Å². The van der Waals surface area contributed by atoms with Gasteiger partial charge in [0.1, 0.15) is 5.82 Å². The van der Waals surface area contributed by atoms with Gasteiger partial charge in [-0.15, -0.1) is 15.3 Å².